The first-order valence-corrected chi connectivity index (χ1v) is 7.90. The smallest absolute Gasteiger partial charge is 0.140 e. The van der Waals surface area contributed by atoms with E-state index >= 15 is 0 Å². The van der Waals surface area contributed by atoms with Crippen LogP contribution in [0.5, 0.6) is 11.5 Å². The van der Waals surface area contributed by atoms with Gasteiger partial charge in [-0.2, -0.15) is 0 Å². The van der Waals surface area contributed by atoms with Crippen LogP contribution in [0, 0.1) is 5.82 Å². The normalized spacial score (nSPS) is 11.2. The van der Waals surface area contributed by atoms with E-state index in [-0.39, 0.29) is 11.6 Å². The Hall–Kier alpha value is -2.66. The predicted octanol–water partition coefficient (Wildman–Crippen LogP) is 4.87. The zero-order chi connectivity index (χ0) is 15.8. The van der Waals surface area contributed by atoms with Gasteiger partial charge in [0.2, 0.25) is 0 Å². The number of ether oxygens (including phenoxy) is 1. The van der Waals surface area contributed by atoms with Gasteiger partial charge in [-0.05, 0) is 35.7 Å². The number of nitrogens with zero attached hydrogens (tertiary/aromatic N) is 1. The van der Waals surface area contributed by atoms with E-state index in [0.717, 1.165) is 20.5 Å². The van der Waals surface area contributed by atoms with E-state index in [4.69, 9.17) is 4.74 Å². The number of hydrogen-bond acceptors (Lipinski definition) is 4. The number of rotatable bonds is 3. The van der Waals surface area contributed by atoms with Crippen LogP contribution in [0.25, 0.3) is 21.0 Å². The van der Waals surface area contributed by atoms with Crippen molar-refractivity contribution in [3.63, 3.8) is 0 Å². The third-order valence-corrected chi connectivity index (χ3v) is 4.60. The highest BCUT2D eigenvalue weighted by Gasteiger charge is 2.07. The van der Waals surface area contributed by atoms with Gasteiger partial charge in [-0.1, -0.05) is 18.2 Å². The quantitative estimate of drug-likeness (QED) is 0.584. The van der Waals surface area contributed by atoms with Gasteiger partial charge < -0.3 is 9.84 Å². The van der Waals surface area contributed by atoms with Gasteiger partial charge in [-0.3, -0.25) is 0 Å². The molecule has 0 amide bonds. The predicted molar refractivity (Wildman–Crippen MR) is 89.5 cm³/mol. The molecule has 1 aromatic heterocycles. The number of phenols is 1. The molecule has 0 unspecified atom stereocenters. The topological polar surface area (TPSA) is 42.4 Å². The summed E-state index contributed by atoms with van der Waals surface area (Å²) >= 11 is 1.48. The van der Waals surface area contributed by atoms with Crippen molar-refractivity contribution in [2.24, 2.45) is 0 Å². The summed E-state index contributed by atoms with van der Waals surface area (Å²) in [6.45, 7) is 0.306. The molecular weight excluding hydrogens is 313 g/mol. The lowest BCUT2D eigenvalue weighted by molar-refractivity contribution is 0.306. The highest BCUT2D eigenvalue weighted by atomic mass is 32.1. The molecule has 0 saturated heterocycles. The van der Waals surface area contributed by atoms with Crippen LogP contribution >= 0.6 is 11.3 Å². The molecule has 0 aliphatic heterocycles. The molecule has 4 rings (SSSR count). The Morgan fingerprint density at radius 2 is 2.00 bits per heavy atom. The third-order valence-electron chi connectivity index (χ3n) is 3.59. The molecule has 0 fully saturated rings. The summed E-state index contributed by atoms with van der Waals surface area (Å²) in [5.41, 5.74) is 0.643. The van der Waals surface area contributed by atoms with Crippen LogP contribution in [0.4, 0.5) is 4.39 Å². The molecule has 0 atom stereocenters. The number of benzene rings is 3. The van der Waals surface area contributed by atoms with Gasteiger partial charge >= 0.3 is 0 Å². The molecule has 4 aromatic rings. The Kier molecular flexibility index (Phi) is 3.35. The van der Waals surface area contributed by atoms with Crippen molar-refractivity contribution in [3.05, 3.63) is 65.4 Å². The molecule has 1 heterocycles. The molecule has 0 bridgehead atoms. The maximum Gasteiger partial charge on any atom is 0.140 e. The number of thiazole rings is 1. The summed E-state index contributed by atoms with van der Waals surface area (Å²) in [4.78, 5) is 4.37. The lowest BCUT2D eigenvalue weighted by Crippen LogP contribution is -1.94. The second-order valence-electron chi connectivity index (χ2n) is 5.17. The summed E-state index contributed by atoms with van der Waals surface area (Å²) in [7, 11) is 0. The number of aromatic hydroxyl groups is 1. The monoisotopic (exact) mass is 325 g/mol. The van der Waals surface area contributed by atoms with Gasteiger partial charge in [0.25, 0.3) is 0 Å². The van der Waals surface area contributed by atoms with Crippen molar-refractivity contribution in [2.75, 3.05) is 0 Å². The maximum absolute atomic E-state index is 13.2. The van der Waals surface area contributed by atoms with E-state index in [9.17, 15) is 9.50 Å². The van der Waals surface area contributed by atoms with Crippen LogP contribution in [-0.2, 0) is 6.61 Å². The van der Waals surface area contributed by atoms with E-state index in [0.29, 0.717) is 17.9 Å². The van der Waals surface area contributed by atoms with Gasteiger partial charge in [0.05, 0.1) is 10.2 Å². The Bertz CT molecular complexity index is 1010. The molecule has 114 valence electrons. The minimum atomic E-state index is -0.291. The molecule has 5 heteroatoms. The minimum absolute atomic E-state index is 0.225. The summed E-state index contributed by atoms with van der Waals surface area (Å²) < 4.78 is 19.9. The van der Waals surface area contributed by atoms with E-state index in [2.05, 4.69) is 4.98 Å². The van der Waals surface area contributed by atoms with Crippen molar-refractivity contribution in [1.29, 1.82) is 0 Å². The van der Waals surface area contributed by atoms with Gasteiger partial charge in [0.15, 0.2) is 0 Å². The standard InChI is InChI=1S/C18H12FNO2S/c19-12-5-7-17-15(8-12)20-18(23-17)10-22-13-6-4-11-2-1-3-16(21)14(11)9-13/h1-9,21H,10H2. The Labute approximate surface area is 135 Å². The van der Waals surface area contributed by atoms with Crippen LogP contribution in [0.3, 0.4) is 0 Å². The summed E-state index contributed by atoms with van der Waals surface area (Å²) in [5, 5.41) is 12.4. The molecule has 1 N–H and O–H groups in total. The molecule has 0 spiro atoms. The van der Waals surface area contributed by atoms with Crippen molar-refractivity contribution < 1.29 is 14.2 Å². The van der Waals surface area contributed by atoms with Crippen LogP contribution in [0.1, 0.15) is 5.01 Å². The first-order chi connectivity index (χ1) is 11.2. The fourth-order valence-corrected chi connectivity index (χ4v) is 3.34. The largest absolute Gasteiger partial charge is 0.507 e. The zero-order valence-corrected chi connectivity index (χ0v) is 12.8. The van der Waals surface area contributed by atoms with Gasteiger partial charge in [-0.25, -0.2) is 9.37 Å². The van der Waals surface area contributed by atoms with E-state index < -0.39 is 0 Å². The van der Waals surface area contributed by atoms with Gasteiger partial charge in [-0.15, -0.1) is 11.3 Å². The van der Waals surface area contributed by atoms with Crippen molar-refractivity contribution >= 4 is 32.3 Å². The minimum Gasteiger partial charge on any atom is -0.507 e. The van der Waals surface area contributed by atoms with E-state index in [1.54, 1.807) is 24.3 Å². The van der Waals surface area contributed by atoms with Crippen LogP contribution in [0.15, 0.2) is 54.6 Å². The summed E-state index contributed by atoms with van der Waals surface area (Å²) in [6.07, 6.45) is 0. The second-order valence-corrected chi connectivity index (χ2v) is 6.28. The highest BCUT2D eigenvalue weighted by molar-refractivity contribution is 7.18. The molecule has 0 aliphatic rings. The van der Waals surface area contributed by atoms with Crippen molar-refractivity contribution in [3.8, 4) is 11.5 Å². The fraction of sp³-hybridized carbons (Fsp3) is 0.0556. The Morgan fingerprint density at radius 3 is 2.91 bits per heavy atom. The molecule has 23 heavy (non-hydrogen) atoms. The van der Waals surface area contributed by atoms with Crippen LogP contribution in [-0.4, -0.2) is 10.1 Å². The Balaban J connectivity index is 1.59. The number of hydrogen-bond donors (Lipinski definition) is 1. The summed E-state index contributed by atoms with van der Waals surface area (Å²) in [5.74, 6) is 0.591. The molecule has 3 nitrogen and oxygen atoms in total. The lowest BCUT2D eigenvalue weighted by Gasteiger charge is -2.06. The first-order valence-electron chi connectivity index (χ1n) is 7.08. The van der Waals surface area contributed by atoms with Gasteiger partial charge in [0, 0.05) is 11.5 Å². The molecule has 0 radical (unpaired) electrons. The van der Waals surface area contributed by atoms with E-state index in [1.807, 2.05) is 18.2 Å². The first kappa shape index (κ1) is 14.0. The number of fused-ring (bicyclic) bond motifs is 2. The molecule has 3 aromatic carbocycles. The lowest BCUT2D eigenvalue weighted by atomic mass is 10.1. The maximum atomic E-state index is 13.2. The zero-order valence-electron chi connectivity index (χ0n) is 12.0. The van der Waals surface area contributed by atoms with E-state index in [1.165, 1.54) is 23.5 Å². The number of phenolic OH excluding ortho intramolecular Hbond substituents is 1. The molecule has 0 saturated carbocycles. The fourth-order valence-electron chi connectivity index (χ4n) is 2.48. The third kappa shape index (κ3) is 2.71. The SMILES string of the molecule is Oc1cccc2ccc(OCc3nc4cc(F)ccc4s3)cc12. The number of halogens is 1. The van der Waals surface area contributed by atoms with Crippen LogP contribution in [0.2, 0.25) is 0 Å². The Morgan fingerprint density at radius 1 is 1.09 bits per heavy atom. The van der Waals surface area contributed by atoms with Crippen molar-refractivity contribution in [1.82, 2.24) is 4.98 Å². The summed E-state index contributed by atoms with van der Waals surface area (Å²) in [6, 6.07) is 15.5. The van der Waals surface area contributed by atoms with Crippen LogP contribution < -0.4 is 4.74 Å². The second kappa shape index (κ2) is 5.52. The average molecular weight is 325 g/mol. The van der Waals surface area contributed by atoms with Gasteiger partial charge in [0.1, 0.15) is 28.9 Å². The highest BCUT2D eigenvalue weighted by Crippen LogP contribution is 2.29. The number of aromatic nitrogens is 1. The molecular formula is C18H12FNO2S. The molecule has 0 aliphatic carbocycles. The van der Waals surface area contributed by atoms with Crippen molar-refractivity contribution in [2.45, 2.75) is 6.61 Å². The average Bonchev–Trinajstić information content (AvgIpc) is 2.95.